The van der Waals surface area contributed by atoms with Gasteiger partial charge in [0.1, 0.15) is 0 Å². The van der Waals surface area contributed by atoms with Crippen molar-refractivity contribution in [3.63, 3.8) is 0 Å². The van der Waals surface area contributed by atoms with E-state index in [0.29, 0.717) is 0 Å². The molecule has 0 N–H and O–H groups in total. The second-order valence-electron chi connectivity index (χ2n) is 13.1. The van der Waals surface area contributed by atoms with Crippen molar-refractivity contribution in [3.8, 4) is 11.4 Å². The largest absolute Gasteiger partial charge is 2.00 e. The topological polar surface area (TPSA) is 63.8 Å². The Labute approximate surface area is 316 Å². The average molecular weight is 730 g/mol. The maximum absolute atomic E-state index is 4.75. The van der Waals surface area contributed by atoms with Crippen molar-refractivity contribution in [2.24, 2.45) is 0 Å². The van der Waals surface area contributed by atoms with Gasteiger partial charge in [0.15, 0.2) is 0 Å². The smallest absolute Gasteiger partial charge is 0.663 e. The van der Waals surface area contributed by atoms with Gasteiger partial charge in [-0.1, -0.05) is 84.9 Å². The maximum Gasteiger partial charge on any atom is 2.00 e. The summed E-state index contributed by atoms with van der Waals surface area (Å²) >= 11 is 0. The number of fused-ring (bicyclic) bond motifs is 14. The number of rotatable bonds is 2. The zero-order valence-corrected chi connectivity index (χ0v) is 31.5. The summed E-state index contributed by atoms with van der Waals surface area (Å²) in [5, 5.41) is 9.44. The van der Waals surface area contributed by atoms with E-state index in [0.717, 1.165) is 55.5 Å². The Morgan fingerprint density at radius 2 is 0.774 bits per heavy atom. The molecule has 0 amide bonds. The molecule has 0 spiro atoms. The minimum Gasteiger partial charge on any atom is -0.663 e. The Bertz CT molecular complexity index is 3070. The summed E-state index contributed by atoms with van der Waals surface area (Å²) in [6.07, 6.45) is 7.50. The van der Waals surface area contributed by atoms with Crippen LogP contribution in [0, 0.1) is 0 Å². The van der Waals surface area contributed by atoms with E-state index >= 15 is 0 Å². The van der Waals surface area contributed by atoms with E-state index in [1.807, 2.05) is 49.1 Å². The summed E-state index contributed by atoms with van der Waals surface area (Å²) in [7, 11) is 0. The van der Waals surface area contributed by atoms with E-state index < -0.39 is 0 Å². The Balaban J connectivity index is 0.000000129. The molecule has 6 heterocycles. The molecule has 6 aromatic heterocycles. The van der Waals surface area contributed by atoms with E-state index in [4.69, 9.17) is 9.97 Å². The van der Waals surface area contributed by atoms with Gasteiger partial charge in [-0.2, -0.15) is 12.4 Å². The molecule has 12 rings (SSSR count). The molecule has 0 saturated carbocycles. The Morgan fingerprint density at radius 3 is 1.23 bits per heavy atom. The van der Waals surface area contributed by atoms with Gasteiger partial charge in [-0.05, 0) is 93.0 Å². The normalized spacial score (nSPS) is 11.6. The van der Waals surface area contributed by atoms with Crippen LogP contribution in [-0.4, -0.2) is 19.1 Å². The summed E-state index contributed by atoms with van der Waals surface area (Å²) in [5.74, 6) is 0. The first kappa shape index (κ1) is 31.2. The number of aromatic nitrogens is 6. The molecule has 244 valence electrons. The molecule has 12 aromatic rings. The number of hydrogen-bond donors (Lipinski definition) is 0. The summed E-state index contributed by atoms with van der Waals surface area (Å²) in [6.45, 7) is 0. The third kappa shape index (κ3) is 4.68. The molecule has 0 bridgehead atoms. The van der Waals surface area contributed by atoms with Gasteiger partial charge in [0.05, 0.1) is 33.1 Å². The van der Waals surface area contributed by atoms with Crippen LogP contribution in [0.25, 0.3) is 98.6 Å². The zero-order valence-electron chi connectivity index (χ0n) is 28.6. The van der Waals surface area contributed by atoms with Gasteiger partial charge in [-0.15, -0.1) is 11.0 Å². The number of pyridine rings is 2. The molecule has 53 heavy (non-hydrogen) atoms. The van der Waals surface area contributed by atoms with Crippen molar-refractivity contribution in [1.29, 1.82) is 0 Å². The van der Waals surface area contributed by atoms with Crippen LogP contribution < -0.4 is 9.97 Å². The summed E-state index contributed by atoms with van der Waals surface area (Å²) in [4.78, 5) is 18.8. The number of hydrogen-bond acceptors (Lipinski definition) is 2. The van der Waals surface area contributed by atoms with Crippen LogP contribution in [0.1, 0.15) is 0 Å². The summed E-state index contributed by atoms with van der Waals surface area (Å²) in [5.41, 5.74) is 11.0. The summed E-state index contributed by atoms with van der Waals surface area (Å²) < 4.78 is 4.58. The van der Waals surface area contributed by atoms with E-state index in [1.54, 1.807) is 0 Å². The maximum atomic E-state index is 4.75. The van der Waals surface area contributed by atoms with Gasteiger partial charge in [0.25, 0.3) is 0 Å². The van der Waals surface area contributed by atoms with Crippen LogP contribution in [-0.2, 0) is 19.5 Å². The SMILES string of the molecule is [Zn+2].c1ccc(-n2c3cccnc3c3c4c(ccc5cc[n-]c54)ccc32)cc1.c1ccc(-n2c3cccnc3c3c4c(ccc5cc[n-]c54)ccc32)cc1. The van der Waals surface area contributed by atoms with Crippen LogP contribution >= 0.6 is 0 Å². The molecule has 7 heteroatoms. The first-order chi connectivity index (χ1) is 25.8. The molecule has 0 unspecified atom stereocenters. The van der Waals surface area contributed by atoms with Crippen molar-refractivity contribution >= 4 is 87.2 Å². The molecule has 0 saturated heterocycles. The third-order valence-corrected chi connectivity index (χ3v) is 10.3. The van der Waals surface area contributed by atoms with Gasteiger partial charge < -0.3 is 19.1 Å². The van der Waals surface area contributed by atoms with Crippen LogP contribution in [0.3, 0.4) is 0 Å². The van der Waals surface area contributed by atoms with E-state index in [2.05, 4.69) is 140 Å². The molecule has 0 radical (unpaired) electrons. The van der Waals surface area contributed by atoms with E-state index in [9.17, 15) is 0 Å². The second-order valence-corrected chi connectivity index (χ2v) is 13.1. The van der Waals surface area contributed by atoms with Gasteiger partial charge in [0, 0.05) is 34.5 Å². The van der Waals surface area contributed by atoms with Crippen molar-refractivity contribution in [2.45, 2.75) is 0 Å². The van der Waals surface area contributed by atoms with Crippen LogP contribution in [0.5, 0.6) is 0 Å². The second kappa shape index (κ2) is 12.3. The molecule has 0 aliphatic carbocycles. The molecular weight excluding hydrogens is 702 g/mol. The predicted molar refractivity (Wildman–Crippen MR) is 214 cm³/mol. The Hall–Kier alpha value is -6.56. The fraction of sp³-hybridized carbons (Fsp3) is 0. The quantitative estimate of drug-likeness (QED) is 0.166. The first-order valence-electron chi connectivity index (χ1n) is 17.4. The van der Waals surface area contributed by atoms with Crippen LogP contribution in [0.4, 0.5) is 0 Å². The fourth-order valence-electron chi connectivity index (χ4n) is 8.10. The molecule has 6 aromatic carbocycles. The fourth-order valence-corrected chi connectivity index (χ4v) is 8.10. The average Bonchev–Trinajstić information content (AvgIpc) is 4.01. The van der Waals surface area contributed by atoms with Gasteiger partial charge in [-0.3, -0.25) is 9.97 Å². The zero-order chi connectivity index (χ0) is 34.2. The number of para-hydroxylation sites is 2. The van der Waals surface area contributed by atoms with Crippen molar-refractivity contribution in [2.75, 3.05) is 0 Å². The minimum atomic E-state index is 0. The minimum absolute atomic E-state index is 0. The molecule has 0 fully saturated rings. The number of nitrogens with zero attached hydrogens (tertiary/aromatic N) is 6. The molecule has 0 aliphatic rings. The third-order valence-electron chi connectivity index (χ3n) is 10.3. The van der Waals surface area contributed by atoms with E-state index in [1.165, 1.54) is 43.1 Å². The van der Waals surface area contributed by atoms with Crippen molar-refractivity contribution in [1.82, 2.24) is 29.1 Å². The molecule has 6 nitrogen and oxygen atoms in total. The van der Waals surface area contributed by atoms with Crippen LogP contribution in [0.2, 0.25) is 0 Å². The van der Waals surface area contributed by atoms with Crippen molar-refractivity contribution in [3.05, 3.63) is 170 Å². The van der Waals surface area contributed by atoms with Gasteiger partial charge in [-0.25, -0.2) is 0 Å². The summed E-state index contributed by atoms with van der Waals surface area (Å²) in [6, 6.07) is 50.7. The standard InChI is InChI=1S/2C23H14N3.Zn/c2*1-2-5-17(6-3-1)26-18-11-10-15-8-9-16-12-14-25-22(16)20(15)21(18)23-19(26)7-4-13-24-23;/h2*1-14H;/q2*-1;+2. The predicted octanol–water partition coefficient (Wildman–Crippen LogP) is 10.9. The van der Waals surface area contributed by atoms with Gasteiger partial charge in [0.2, 0.25) is 0 Å². The first-order valence-corrected chi connectivity index (χ1v) is 17.4. The monoisotopic (exact) mass is 728 g/mol. The number of benzene rings is 6. The van der Waals surface area contributed by atoms with Crippen molar-refractivity contribution < 1.29 is 19.5 Å². The molecular formula is C46H28N6Zn. The Morgan fingerprint density at radius 1 is 0.358 bits per heavy atom. The molecule has 0 aliphatic heterocycles. The van der Waals surface area contributed by atoms with Gasteiger partial charge >= 0.3 is 19.5 Å². The Kier molecular flexibility index (Phi) is 7.24. The molecule has 0 atom stereocenters. The van der Waals surface area contributed by atoms with Crippen LogP contribution in [0.15, 0.2) is 170 Å². The van der Waals surface area contributed by atoms with E-state index in [-0.39, 0.29) is 19.5 Å².